The zero-order chi connectivity index (χ0) is 21.7. The van der Waals surface area contributed by atoms with Gasteiger partial charge in [0.05, 0.1) is 4.87 Å². The zero-order valence-corrected chi connectivity index (χ0v) is 18.9. The Morgan fingerprint density at radius 1 is 0.871 bits per heavy atom. The van der Waals surface area contributed by atoms with Crippen molar-refractivity contribution < 1.29 is 13.2 Å². The first-order valence-corrected chi connectivity index (χ1v) is 12.9. The fourth-order valence-electron chi connectivity index (χ4n) is 4.06. The molecule has 0 unspecified atom stereocenters. The summed E-state index contributed by atoms with van der Waals surface area (Å²) in [4.78, 5) is 14.5. The molecule has 1 amide bonds. The molecule has 2 heterocycles. The van der Waals surface area contributed by atoms with Crippen LogP contribution in [0, 0.1) is 0 Å². The standard InChI is InChI=1S/C24H26N2O3S2/c27-23(12-11-21-7-3-1-4-8-21)26-18-19-30-24(26)14-16-25(17-15-24)31(28,29)20-13-22-9-5-2-6-10-22/h1-13,20H,14-19H2. The van der Waals surface area contributed by atoms with Crippen LogP contribution < -0.4 is 0 Å². The number of hydrogen-bond donors (Lipinski definition) is 0. The molecule has 0 N–H and O–H groups in total. The number of piperidine rings is 1. The van der Waals surface area contributed by atoms with Gasteiger partial charge in [0.1, 0.15) is 0 Å². The van der Waals surface area contributed by atoms with Crippen molar-refractivity contribution >= 4 is 39.8 Å². The van der Waals surface area contributed by atoms with E-state index in [1.807, 2.05) is 71.6 Å². The van der Waals surface area contributed by atoms with Crippen LogP contribution in [0.4, 0.5) is 0 Å². The van der Waals surface area contributed by atoms with Gasteiger partial charge < -0.3 is 4.90 Å². The number of rotatable bonds is 5. The topological polar surface area (TPSA) is 57.7 Å². The van der Waals surface area contributed by atoms with E-state index in [2.05, 4.69) is 0 Å². The maximum Gasteiger partial charge on any atom is 0.247 e. The summed E-state index contributed by atoms with van der Waals surface area (Å²) in [6, 6.07) is 19.2. The van der Waals surface area contributed by atoms with E-state index in [0.717, 1.165) is 16.9 Å². The van der Waals surface area contributed by atoms with E-state index in [-0.39, 0.29) is 10.8 Å². The Kier molecular flexibility index (Phi) is 6.65. The molecule has 0 saturated carbocycles. The van der Waals surface area contributed by atoms with Gasteiger partial charge in [-0.05, 0) is 36.1 Å². The van der Waals surface area contributed by atoms with E-state index < -0.39 is 10.0 Å². The molecule has 2 fully saturated rings. The molecule has 0 aromatic heterocycles. The van der Waals surface area contributed by atoms with Crippen LogP contribution in [0.3, 0.4) is 0 Å². The third kappa shape index (κ3) is 5.11. The van der Waals surface area contributed by atoms with E-state index in [0.29, 0.717) is 32.5 Å². The van der Waals surface area contributed by atoms with E-state index >= 15 is 0 Å². The van der Waals surface area contributed by atoms with Gasteiger partial charge in [0.2, 0.25) is 15.9 Å². The molecule has 2 aliphatic rings. The van der Waals surface area contributed by atoms with Crippen LogP contribution >= 0.6 is 11.8 Å². The highest BCUT2D eigenvalue weighted by atomic mass is 32.2. The van der Waals surface area contributed by atoms with Gasteiger partial charge in [0.25, 0.3) is 0 Å². The zero-order valence-electron chi connectivity index (χ0n) is 17.3. The molecular formula is C24H26N2O3S2. The minimum absolute atomic E-state index is 0.00543. The van der Waals surface area contributed by atoms with Crippen LogP contribution in [0.25, 0.3) is 12.2 Å². The number of nitrogens with zero attached hydrogens (tertiary/aromatic N) is 2. The summed E-state index contributed by atoms with van der Waals surface area (Å²) in [6.07, 6.45) is 6.39. The monoisotopic (exact) mass is 454 g/mol. The summed E-state index contributed by atoms with van der Waals surface area (Å²) >= 11 is 1.78. The van der Waals surface area contributed by atoms with Gasteiger partial charge in [-0.2, -0.15) is 4.31 Å². The normalized spacial score (nSPS) is 19.5. The molecule has 0 bridgehead atoms. The second kappa shape index (κ2) is 9.42. The minimum atomic E-state index is -3.49. The van der Waals surface area contributed by atoms with Crippen molar-refractivity contribution in [3.8, 4) is 0 Å². The van der Waals surface area contributed by atoms with Gasteiger partial charge in [-0.1, -0.05) is 60.7 Å². The van der Waals surface area contributed by atoms with Crippen molar-refractivity contribution in [2.45, 2.75) is 17.7 Å². The molecule has 2 aromatic rings. The molecule has 4 rings (SSSR count). The molecule has 31 heavy (non-hydrogen) atoms. The van der Waals surface area contributed by atoms with Gasteiger partial charge in [-0.3, -0.25) is 4.79 Å². The molecule has 5 nitrogen and oxygen atoms in total. The van der Waals surface area contributed by atoms with Gasteiger partial charge in [-0.15, -0.1) is 11.8 Å². The number of benzene rings is 2. The molecule has 2 saturated heterocycles. The average Bonchev–Trinajstić information content (AvgIpc) is 3.21. The Bertz CT molecular complexity index is 1060. The van der Waals surface area contributed by atoms with Gasteiger partial charge in [0, 0.05) is 36.9 Å². The van der Waals surface area contributed by atoms with Crippen LogP contribution in [0.15, 0.2) is 72.1 Å². The Morgan fingerprint density at radius 3 is 2.06 bits per heavy atom. The molecular weight excluding hydrogens is 428 g/mol. The average molecular weight is 455 g/mol. The summed E-state index contributed by atoms with van der Waals surface area (Å²) in [6.45, 7) is 1.53. The predicted molar refractivity (Wildman–Crippen MR) is 128 cm³/mol. The molecule has 0 aliphatic carbocycles. The first-order valence-electron chi connectivity index (χ1n) is 10.4. The maximum atomic E-state index is 12.9. The highest BCUT2D eigenvalue weighted by Gasteiger charge is 2.47. The van der Waals surface area contributed by atoms with E-state index in [1.165, 1.54) is 9.71 Å². The summed E-state index contributed by atoms with van der Waals surface area (Å²) in [5, 5.41) is 1.29. The molecule has 162 valence electrons. The molecule has 2 aliphatic heterocycles. The van der Waals surface area contributed by atoms with Crippen molar-refractivity contribution in [1.82, 2.24) is 9.21 Å². The van der Waals surface area contributed by atoms with Crippen LogP contribution in [-0.2, 0) is 14.8 Å². The van der Waals surface area contributed by atoms with Crippen LogP contribution in [0.5, 0.6) is 0 Å². The first-order chi connectivity index (χ1) is 15.0. The van der Waals surface area contributed by atoms with Gasteiger partial charge >= 0.3 is 0 Å². The second-order valence-corrected chi connectivity index (χ2v) is 11.0. The number of thioether (sulfide) groups is 1. The largest absolute Gasteiger partial charge is 0.324 e. The second-order valence-electron chi connectivity index (χ2n) is 7.69. The first kappa shape index (κ1) is 21.9. The van der Waals surface area contributed by atoms with E-state index in [4.69, 9.17) is 0 Å². The number of sulfonamides is 1. The lowest BCUT2D eigenvalue weighted by Gasteiger charge is -2.43. The Balaban J connectivity index is 1.41. The van der Waals surface area contributed by atoms with Crippen molar-refractivity contribution in [2.75, 3.05) is 25.4 Å². The Labute approximate surface area is 188 Å². The predicted octanol–water partition coefficient (Wildman–Crippen LogP) is 4.07. The Morgan fingerprint density at radius 2 is 1.45 bits per heavy atom. The molecule has 7 heteroatoms. The lowest BCUT2D eigenvalue weighted by molar-refractivity contribution is -0.129. The van der Waals surface area contributed by atoms with Crippen LogP contribution in [0.2, 0.25) is 0 Å². The number of hydrogen-bond acceptors (Lipinski definition) is 4. The third-order valence-corrected chi connectivity index (χ3v) is 8.87. The smallest absolute Gasteiger partial charge is 0.247 e. The fourth-order valence-corrected chi connectivity index (χ4v) is 6.72. The molecule has 2 aromatic carbocycles. The van der Waals surface area contributed by atoms with Crippen molar-refractivity contribution in [2.24, 2.45) is 0 Å². The summed E-state index contributed by atoms with van der Waals surface area (Å²) < 4.78 is 27.1. The highest BCUT2D eigenvalue weighted by molar-refractivity contribution is 8.00. The Hall–Kier alpha value is -2.35. The third-order valence-electron chi connectivity index (χ3n) is 5.76. The van der Waals surface area contributed by atoms with E-state index in [9.17, 15) is 13.2 Å². The molecule has 1 spiro atoms. The number of carbonyl (C=O) groups is 1. The maximum absolute atomic E-state index is 12.9. The SMILES string of the molecule is O=C(C=Cc1ccccc1)N1CCSC12CCN(S(=O)(=O)C=Cc1ccccc1)CC2. The highest BCUT2D eigenvalue weighted by Crippen LogP contribution is 2.44. The van der Waals surface area contributed by atoms with Crippen molar-refractivity contribution in [1.29, 1.82) is 0 Å². The van der Waals surface area contributed by atoms with Crippen LogP contribution in [-0.4, -0.2) is 53.8 Å². The summed E-state index contributed by atoms with van der Waals surface area (Å²) in [5.74, 6) is 0.875. The summed E-state index contributed by atoms with van der Waals surface area (Å²) in [7, 11) is -3.49. The fraction of sp³-hybridized carbons (Fsp3) is 0.292. The minimum Gasteiger partial charge on any atom is -0.324 e. The number of amides is 1. The quantitative estimate of drug-likeness (QED) is 0.639. The van der Waals surface area contributed by atoms with Crippen molar-refractivity contribution in [3.63, 3.8) is 0 Å². The molecule has 0 atom stereocenters. The van der Waals surface area contributed by atoms with Gasteiger partial charge in [0.15, 0.2) is 0 Å². The molecule has 0 radical (unpaired) electrons. The van der Waals surface area contributed by atoms with Crippen molar-refractivity contribution in [3.05, 3.63) is 83.3 Å². The summed E-state index contributed by atoms with van der Waals surface area (Å²) in [5.41, 5.74) is 1.84. The van der Waals surface area contributed by atoms with Gasteiger partial charge in [-0.25, -0.2) is 8.42 Å². The number of carbonyl (C=O) groups excluding carboxylic acids is 1. The lowest BCUT2D eigenvalue weighted by atomic mass is 10.0. The van der Waals surface area contributed by atoms with E-state index in [1.54, 1.807) is 23.9 Å². The van der Waals surface area contributed by atoms with Crippen LogP contribution in [0.1, 0.15) is 24.0 Å². The lowest BCUT2D eigenvalue weighted by Crippen LogP contribution is -2.53.